The van der Waals surface area contributed by atoms with Crippen LogP contribution in [0.4, 0.5) is 0 Å². The second-order valence-corrected chi connectivity index (χ2v) is 11.3. The highest BCUT2D eigenvalue weighted by atomic mass is 32.1. The summed E-state index contributed by atoms with van der Waals surface area (Å²) in [5.74, 6) is 0. The number of thiophene rings is 1. The van der Waals surface area contributed by atoms with E-state index in [2.05, 4.69) is 39.1 Å². The minimum absolute atomic E-state index is 0.208. The molecule has 0 aliphatic carbocycles. The molecule has 1 heterocycles. The zero-order valence-electron chi connectivity index (χ0n) is 10.4. The Morgan fingerprint density at radius 1 is 0.933 bits per heavy atom. The van der Waals surface area contributed by atoms with Crippen molar-refractivity contribution in [3.8, 4) is 0 Å². The van der Waals surface area contributed by atoms with E-state index in [-0.39, 0.29) is 17.6 Å². The van der Waals surface area contributed by atoms with Crippen molar-refractivity contribution < 1.29 is 0 Å². The highest BCUT2D eigenvalue weighted by molar-refractivity contribution is 7.24. The minimum Gasteiger partial charge on any atom is -0.154 e. The van der Waals surface area contributed by atoms with Gasteiger partial charge in [0.1, 0.15) is 0 Å². The molecule has 0 nitrogen and oxygen atoms in total. The van der Waals surface area contributed by atoms with Crippen molar-refractivity contribution in [2.45, 2.75) is 51.9 Å². The predicted octanol–water partition coefficient (Wildman–Crippen LogP) is 3.23. The van der Waals surface area contributed by atoms with Gasteiger partial charge in [-0.05, 0) is 9.88 Å². The number of hydrogen-bond acceptors (Lipinski definition) is 1. The summed E-state index contributed by atoms with van der Waals surface area (Å²) in [6.07, 6.45) is 0. The standard InChI is InChI=1S/C12H22SSi2/c1-5-14(6-2)11-9-10-13-12(11)15(7-3)8-4/h9-10H,5-8H2,1-4H3. The lowest BCUT2D eigenvalue weighted by Crippen LogP contribution is -2.44. The molecule has 0 fully saturated rings. The fourth-order valence-corrected chi connectivity index (χ4v) is 9.64. The van der Waals surface area contributed by atoms with Crippen molar-refractivity contribution in [2.75, 3.05) is 0 Å². The summed E-state index contributed by atoms with van der Waals surface area (Å²) < 4.78 is 1.81. The molecule has 0 amide bonds. The fraction of sp³-hybridized carbons (Fsp3) is 0.667. The summed E-state index contributed by atoms with van der Waals surface area (Å²) in [4.78, 5) is 0. The second kappa shape index (κ2) is 6.66. The van der Waals surface area contributed by atoms with Gasteiger partial charge in [-0.3, -0.25) is 0 Å². The van der Waals surface area contributed by atoms with Crippen molar-refractivity contribution in [1.29, 1.82) is 0 Å². The maximum absolute atomic E-state index is 2.43. The monoisotopic (exact) mass is 254 g/mol. The second-order valence-electron chi connectivity index (χ2n) is 3.78. The van der Waals surface area contributed by atoms with E-state index in [1.54, 1.807) is 5.19 Å². The van der Waals surface area contributed by atoms with Crippen LogP contribution in [0, 0.1) is 0 Å². The molecule has 15 heavy (non-hydrogen) atoms. The molecule has 0 bridgehead atoms. The van der Waals surface area contributed by atoms with Crippen molar-refractivity contribution in [3.05, 3.63) is 11.4 Å². The van der Waals surface area contributed by atoms with Crippen LogP contribution >= 0.6 is 11.3 Å². The smallest absolute Gasteiger partial charge is 0.0985 e. The number of hydrogen-bond donors (Lipinski definition) is 0. The summed E-state index contributed by atoms with van der Waals surface area (Å²) in [6, 6.07) is 8.02. The molecule has 1 aromatic heterocycles. The van der Waals surface area contributed by atoms with Crippen LogP contribution in [0.2, 0.25) is 24.2 Å². The molecule has 0 unspecified atom stereocenters. The Morgan fingerprint density at radius 3 is 1.93 bits per heavy atom. The molecular weight excluding hydrogens is 232 g/mol. The lowest BCUT2D eigenvalue weighted by molar-refractivity contribution is 1.32. The summed E-state index contributed by atoms with van der Waals surface area (Å²) in [6.45, 7) is 9.46. The van der Waals surface area contributed by atoms with E-state index in [1.807, 2.05) is 15.8 Å². The largest absolute Gasteiger partial charge is 0.154 e. The Kier molecular flexibility index (Phi) is 5.86. The lowest BCUT2D eigenvalue weighted by Gasteiger charge is -2.16. The van der Waals surface area contributed by atoms with Crippen LogP contribution in [0.3, 0.4) is 0 Å². The maximum atomic E-state index is 2.43. The summed E-state index contributed by atoms with van der Waals surface area (Å²) in [7, 11) is -0.424. The molecule has 0 spiro atoms. The zero-order chi connectivity index (χ0) is 11.3. The third-order valence-corrected chi connectivity index (χ3v) is 11.0. The molecule has 0 atom stereocenters. The fourth-order valence-electron chi connectivity index (χ4n) is 2.06. The van der Waals surface area contributed by atoms with E-state index in [1.165, 1.54) is 24.2 Å². The highest BCUT2D eigenvalue weighted by Crippen LogP contribution is 2.07. The first kappa shape index (κ1) is 13.2. The normalized spacial score (nSPS) is 11.6. The summed E-state index contributed by atoms with van der Waals surface area (Å²) in [5, 5.41) is 4.11. The van der Waals surface area contributed by atoms with Gasteiger partial charge in [-0.25, -0.2) is 0 Å². The molecule has 0 aliphatic heterocycles. The van der Waals surface area contributed by atoms with Crippen LogP contribution in [-0.2, 0) is 0 Å². The molecule has 1 rings (SSSR count). The first-order valence-corrected chi connectivity index (χ1v) is 10.8. The average molecular weight is 255 g/mol. The Morgan fingerprint density at radius 2 is 1.47 bits per heavy atom. The third-order valence-electron chi connectivity index (χ3n) is 3.07. The van der Waals surface area contributed by atoms with Crippen molar-refractivity contribution in [1.82, 2.24) is 0 Å². The van der Waals surface area contributed by atoms with Crippen LogP contribution in [-0.4, -0.2) is 17.6 Å². The molecule has 0 saturated carbocycles. The molecule has 1 aromatic rings. The van der Waals surface area contributed by atoms with E-state index in [0.717, 1.165) is 0 Å². The van der Waals surface area contributed by atoms with Crippen molar-refractivity contribution in [3.63, 3.8) is 0 Å². The van der Waals surface area contributed by atoms with Crippen LogP contribution < -0.4 is 9.69 Å². The SMILES string of the molecule is CC[Si](CC)c1ccsc1[Si](CC)CC. The Bertz CT molecular complexity index is 248. The van der Waals surface area contributed by atoms with Gasteiger partial charge in [-0.2, -0.15) is 11.3 Å². The van der Waals surface area contributed by atoms with Crippen LogP contribution in [0.15, 0.2) is 11.4 Å². The van der Waals surface area contributed by atoms with Gasteiger partial charge >= 0.3 is 0 Å². The Labute approximate surface area is 102 Å². The summed E-state index contributed by atoms with van der Waals surface area (Å²) in [5.41, 5.74) is 0. The van der Waals surface area contributed by atoms with Crippen LogP contribution in [0.25, 0.3) is 0 Å². The lowest BCUT2D eigenvalue weighted by atomic mass is 10.7. The van der Waals surface area contributed by atoms with Crippen LogP contribution in [0.1, 0.15) is 27.7 Å². The summed E-state index contributed by atoms with van der Waals surface area (Å²) >= 11 is 2.04. The van der Waals surface area contributed by atoms with Gasteiger partial charge in [0.2, 0.25) is 0 Å². The molecule has 0 N–H and O–H groups in total. The third kappa shape index (κ3) is 3.05. The van der Waals surface area contributed by atoms with Gasteiger partial charge < -0.3 is 0 Å². The average Bonchev–Trinajstić information content (AvgIpc) is 2.71. The van der Waals surface area contributed by atoms with E-state index < -0.39 is 0 Å². The predicted molar refractivity (Wildman–Crippen MR) is 77.0 cm³/mol. The zero-order valence-corrected chi connectivity index (χ0v) is 13.2. The van der Waals surface area contributed by atoms with Gasteiger partial charge in [0.05, 0.1) is 17.6 Å². The maximum Gasteiger partial charge on any atom is 0.0985 e. The van der Waals surface area contributed by atoms with Gasteiger partial charge in [0.15, 0.2) is 0 Å². The molecule has 0 saturated heterocycles. The van der Waals surface area contributed by atoms with E-state index >= 15 is 0 Å². The molecule has 3 heteroatoms. The minimum atomic E-state index is -0.216. The van der Waals surface area contributed by atoms with E-state index in [4.69, 9.17) is 0 Å². The molecule has 2 radical (unpaired) electrons. The van der Waals surface area contributed by atoms with Gasteiger partial charge in [0.25, 0.3) is 0 Å². The van der Waals surface area contributed by atoms with Gasteiger partial charge in [-0.15, -0.1) is 0 Å². The first-order valence-electron chi connectivity index (χ1n) is 6.05. The van der Waals surface area contributed by atoms with Crippen LogP contribution in [0.5, 0.6) is 0 Å². The van der Waals surface area contributed by atoms with Gasteiger partial charge in [-0.1, -0.05) is 63.1 Å². The van der Waals surface area contributed by atoms with E-state index in [9.17, 15) is 0 Å². The highest BCUT2D eigenvalue weighted by Gasteiger charge is 2.20. The molecular formula is C12H22SSi2. The molecule has 84 valence electrons. The van der Waals surface area contributed by atoms with E-state index in [0.29, 0.717) is 0 Å². The quantitative estimate of drug-likeness (QED) is 0.684. The van der Waals surface area contributed by atoms with Crippen molar-refractivity contribution >= 4 is 38.6 Å². The molecule has 0 aliphatic rings. The molecule has 0 aromatic carbocycles. The number of rotatable bonds is 6. The Balaban J connectivity index is 2.93. The topological polar surface area (TPSA) is 0 Å². The van der Waals surface area contributed by atoms with Crippen molar-refractivity contribution in [2.24, 2.45) is 0 Å². The Hall–Kier alpha value is 0.134. The first-order chi connectivity index (χ1) is 7.28. The van der Waals surface area contributed by atoms with Gasteiger partial charge in [0, 0.05) is 0 Å².